The number of rotatable bonds is 6. The number of fused-ring (bicyclic) bond motifs is 1. The predicted octanol–water partition coefficient (Wildman–Crippen LogP) is 4.53. The van der Waals surface area contributed by atoms with Crippen LogP contribution in [-0.4, -0.2) is 18.1 Å². The molecule has 1 heterocycles. The molecule has 1 aromatic carbocycles. The molecule has 0 saturated carbocycles. The van der Waals surface area contributed by atoms with Crippen LogP contribution in [0.3, 0.4) is 0 Å². The molecule has 0 amide bonds. The Bertz CT molecular complexity index is 535. The van der Waals surface area contributed by atoms with Crippen LogP contribution < -0.4 is 5.32 Å². The van der Waals surface area contributed by atoms with Crippen LogP contribution in [0.1, 0.15) is 37.6 Å². The summed E-state index contributed by atoms with van der Waals surface area (Å²) >= 11 is 2.00. The Morgan fingerprint density at radius 3 is 2.79 bits per heavy atom. The Morgan fingerprint density at radius 2 is 2.16 bits per heavy atom. The molecule has 19 heavy (non-hydrogen) atoms. The molecular weight excluding hydrogens is 254 g/mol. The lowest BCUT2D eigenvalue weighted by molar-refractivity contribution is 0.478. The van der Waals surface area contributed by atoms with E-state index in [1.54, 1.807) is 0 Å². The van der Waals surface area contributed by atoms with E-state index in [1.165, 1.54) is 17.4 Å². The fourth-order valence-corrected chi connectivity index (χ4v) is 3.17. The van der Waals surface area contributed by atoms with Crippen molar-refractivity contribution >= 4 is 22.7 Å². The highest BCUT2D eigenvalue weighted by molar-refractivity contribution is 7.99. The first kappa shape index (κ1) is 14.5. The Balaban J connectivity index is 2.18. The Morgan fingerprint density at radius 1 is 1.37 bits per heavy atom. The Labute approximate surface area is 119 Å². The molecule has 0 radical (unpaired) electrons. The zero-order chi connectivity index (χ0) is 13.8. The van der Waals surface area contributed by atoms with Crippen molar-refractivity contribution in [1.29, 1.82) is 0 Å². The highest BCUT2D eigenvalue weighted by atomic mass is 32.2. The predicted molar refractivity (Wildman–Crippen MR) is 85.0 cm³/mol. The fourth-order valence-electron chi connectivity index (χ4n) is 2.09. The van der Waals surface area contributed by atoms with Crippen molar-refractivity contribution in [3.8, 4) is 0 Å². The standard InChI is InChI=1S/C16H23NOS/c1-5-12(3)19-10-14(17-4)15-9-13-8-6-7-11(2)16(13)18-15/h6-9,12,14,17H,5,10H2,1-4H3. The van der Waals surface area contributed by atoms with Crippen LogP contribution in [0.25, 0.3) is 11.0 Å². The topological polar surface area (TPSA) is 25.2 Å². The summed E-state index contributed by atoms with van der Waals surface area (Å²) in [5, 5.41) is 5.26. The molecule has 0 aliphatic rings. The van der Waals surface area contributed by atoms with E-state index in [4.69, 9.17) is 4.42 Å². The molecule has 2 atom stereocenters. The van der Waals surface area contributed by atoms with Gasteiger partial charge in [0.05, 0.1) is 6.04 Å². The molecule has 1 N–H and O–H groups in total. The first-order valence-corrected chi connectivity index (χ1v) is 7.98. The van der Waals surface area contributed by atoms with Gasteiger partial charge in [-0.2, -0.15) is 11.8 Å². The summed E-state index contributed by atoms with van der Waals surface area (Å²) in [6, 6.07) is 8.74. The molecule has 0 fully saturated rings. The zero-order valence-electron chi connectivity index (χ0n) is 12.2. The minimum atomic E-state index is 0.283. The maximum atomic E-state index is 6.04. The molecule has 104 valence electrons. The molecule has 0 saturated heterocycles. The number of hydrogen-bond donors (Lipinski definition) is 1. The number of furan rings is 1. The lowest BCUT2D eigenvalue weighted by Gasteiger charge is -2.15. The molecule has 2 unspecified atom stereocenters. The molecule has 1 aromatic heterocycles. The van der Waals surface area contributed by atoms with Crippen molar-refractivity contribution in [2.24, 2.45) is 0 Å². The van der Waals surface area contributed by atoms with Crippen molar-refractivity contribution < 1.29 is 4.42 Å². The summed E-state index contributed by atoms with van der Waals surface area (Å²) in [4.78, 5) is 0. The van der Waals surface area contributed by atoms with Crippen molar-refractivity contribution in [2.75, 3.05) is 12.8 Å². The lowest BCUT2D eigenvalue weighted by atomic mass is 10.1. The van der Waals surface area contributed by atoms with Crippen molar-refractivity contribution in [2.45, 2.75) is 38.5 Å². The quantitative estimate of drug-likeness (QED) is 0.839. The molecule has 2 nitrogen and oxygen atoms in total. The minimum absolute atomic E-state index is 0.283. The van der Waals surface area contributed by atoms with E-state index in [-0.39, 0.29) is 6.04 Å². The third-order valence-corrected chi connectivity index (χ3v) is 5.00. The number of nitrogens with one attached hydrogen (secondary N) is 1. The van der Waals surface area contributed by atoms with E-state index in [9.17, 15) is 0 Å². The van der Waals surface area contributed by atoms with Crippen LogP contribution in [0.4, 0.5) is 0 Å². The number of para-hydroxylation sites is 1. The summed E-state index contributed by atoms with van der Waals surface area (Å²) in [6.07, 6.45) is 1.21. The van der Waals surface area contributed by atoms with Crippen LogP contribution in [0.15, 0.2) is 28.7 Å². The minimum Gasteiger partial charge on any atom is -0.459 e. The van der Waals surface area contributed by atoms with Crippen molar-refractivity contribution in [3.05, 3.63) is 35.6 Å². The highest BCUT2D eigenvalue weighted by Gasteiger charge is 2.16. The summed E-state index contributed by atoms with van der Waals surface area (Å²) in [6.45, 7) is 6.61. The summed E-state index contributed by atoms with van der Waals surface area (Å²) in [5.41, 5.74) is 2.22. The second-order valence-corrected chi connectivity index (χ2v) is 6.51. The van der Waals surface area contributed by atoms with Gasteiger partial charge in [-0.15, -0.1) is 0 Å². The van der Waals surface area contributed by atoms with Gasteiger partial charge in [-0.3, -0.25) is 0 Å². The maximum absolute atomic E-state index is 6.04. The normalized spacial score (nSPS) is 14.7. The average molecular weight is 277 g/mol. The van der Waals surface area contributed by atoms with Gasteiger partial charge in [0.2, 0.25) is 0 Å². The van der Waals surface area contributed by atoms with E-state index >= 15 is 0 Å². The largest absolute Gasteiger partial charge is 0.459 e. The van der Waals surface area contributed by atoms with Gasteiger partial charge in [-0.1, -0.05) is 32.0 Å². The molecule has 0 aliphatic carbocycles. The summed E-state index contributed by atoms with van der Waals surface area (Å²) in [5.74, 6) is 2.09. The van der Waals surface area contributed by atoms with E-state index < -0.39 is 0 Å². The first-order chi connectivity index (χ1) is 9.15. The second-order valence-electron chi connectivity index (χ2n) is 5.04. The van der Waals surface area contributed by atoms with E-state index in [0.29, 0.717) is 5.25 Å². The summed E-state index contributed by atoms with van der Waals surface area (Å²) in [7, 11) is 2.00. The number of aryl methyl sites for hydroxylation is 1. The van der Waals surface area contributed by atoms with Crippen LogP contribution >= 0.6 is 11.8 Å². The number of thioether (sulfide) groups is 1. The average Bonchev–Trinajstić information content (AvgIpc) is 2.84. The Hall–Kier alpha value is -0.930. The highest BCUT2D eigenvalue weighted by Crippen LogP contribution is 2.29. The van der Waals surface area contributed by atoms with Crippen LogP contribution in [0.2, 0.25) is 0 Å². The van der Waals surface area contributed by atoms with Crippen molar-refractivity contribution in [3.63, 3.8) is 0 Å². The van der Waals surface area contributed by atoms with Gasteiger partial charge in [-0.05, 0) is 32.0 Å². The molecule has 0 bridgehead atoms. The molecule has 2 aromatic rings. The number of benzene rings is 1. The lowest BCUT2D eigenvalue weighted by Crippen LogP contribution is -2.19. The van der Waals surface area contributed by atoms with E-state index in [2.05, 4.69) is 50.4 Å². The molecular formula is C16H23NOS. The SMILES string of the molecule is CCC(C)SCC(NC)c1cc2cccc(C)c2o1. The summed E-state index contributed by atoms with van der Waals surface area (Å²) < 4.78 is 6.04. The molecule has 0 aliphatic heterocycles. The molecule has 3 heteroatoms. The van der Waals surface area contributed by atoms with Crippen LogP contribution in [0.5, 0.6) is 0 Å². The molecule has 0 spiro atoms. The van der Waals surface area contributed by atoms with Gasteiger partial charge in [0.1, 0.15) is 11.3 Å². The molecule has 2 rings (SSSR count). The monoisotopic (exact) mass is 277 g/mol. The van der Waals surface area contributed by atoms with Crippen LogP contribution in [-0.2, 0) is 0 Å². The third kappa shape index (κ3) is 3.34. The van der Waals surface area contributed by atoms with Gasteiger partial charge in [0, 0.05) is 16.4 Å². The van der Waals surface area contributed by atoms with E-state index in [0.717, 1.165) is 17.1 Å². The van der Waals surface area contributed by atoms with Crippen LogP contribution in [0, 0.1) is 6.92 Å². The first-order valence-electron chi connectivity index (χ1n) is 6.93. The second kappa shape index (κ2) is 6.49. The van der Waals surface area contributed by atoms with E-state index in [1.807, 2.05) is 18.8 Å². The third-order valence-electron chi connectivity index (χ3n) is 3.57. The van der Waals surface area contributed by atoms with Gasteiger partial charge in [0.15, 0.2) is 0 Å². The van der Waals surface area contributed by atoms with Gasteiger partial charge >= 0.3 is 0 Å². The fraction of sp³-hybridized carbons (Fsp3) is 0.500. The number of hydrogen-bond acceptors (Lipinski definition) is 3. The van der Waals surface area contributed by atoms with Gasteiger partial charge in [0.25, 0.3) is 0 Å². The Kier molecular flexibility index (Phi) is 4.94. The van der Waals surface area contributed by atoms with Crippen molar-refractivity contribution in [1.82, 2.24) is 5.32 Å². The van der Waals surface area contributed by atoms with Gasteiger partial charge < -0.3 is 9.73 Å². The zero-order valence-corrected chi connectivity index (χ0v) is 13.0. The van der Waals surface area contributed by atoms with Gasteiger partial charge in [-0.25, -0.2) is 0 Å². The maximum Gasteiger partial charge on any atom is 0.137 e. The smallest absolute Gasteiger partial charge is 0.137 e.